The van der Waals surface area contributed by atoms with Crippen molar-refractivity contribution in [3.63, 3.8) is 0 Å². The highest BCUT2D eigenvalue weighted by Crippen LogP contribution is 2.59. The third-order valence-electron chi connectivity index (χ3n) is 12.2. The van der Waals surface area contributed by atoms with Gasteiger partial charge in [-0.2, -0.15) is 79.0 Å². The van der Waals surface area contributed by atoms with Crippen LogP contribution in [0.25, 0.3) is 44.5 Å². The zero-order valence-electron chi connectivity index (χ0n) is 36.9. The number of alkyl halides is 18. The van der Waals surface area contributed by atoms with Crippen molar-refractivity contribution in [1.29, 1.82) is 0 Å². The van der Waals surface area contributed by atoms with Crippen LogP contribution in [0, 0.1) is 0 Å². The number of nitrogens with zero attached hydrogens (tertiary/aromatic N) is 2. The summed E-state index contributed by atoms with van der Waals surface area (Å²) in [5.74, 6) is 0. The van der Waals surface area contributed by atoms with E-state index in [-0.39, 0.29) is 78.6 Å². The monoisotopic (exact) mass is 1050 g/mol. The molecule has 20 heteroatoms. The van der Waals surface area contributed by atoms with Gasteiger partial charge in [0.05, 0.1) is 56.1 Å². The molecular weight excluding hydrogens is 1020 g/mol. The van der Waals surface area contributed by atoms with Crippen molar-refractivity contribution in [1.82, 2.24) is 0 Å². The molecule has 8 aromatic rings. The molecule has 9 rings (SSSR count). The fourth-order valence-electron chi connectivity index (χ4n) is 8.60. The molecule has 0 N–H and O–H groups in total. The molecule has 0 atom stereocenters. The van der Waals surface area contributed by atoms with Gasteiger partial charge in [0.15, 0.2) is 0 Å². The van der Waals surface area contributed by atoms with Crippen LogP contribution in [-0.2, 0) is 37.1 Å². The Balaban J connectivity index is 1.42. The van der Waals surface area contributed by atoms with Gasteiger partial charge in [-0.1, -0.05) is 48.5 Å². The van der Waals surface area contributed by atoms with E-state index in [1.807, 2.05) is 0 Å². The standard InChI is InChI=1S/C54H28F18N2/c55-49(56,57)33-9-1-29(2-10-33)41-25-45-46(26-42(41)30-3-11-34(12-4-30)50(58,59)60)74(40-23-19-38(20-24-40)54(70,71)72)48-28-44(32-7-15-36(16-8-32)52(64,65)66)43(31-5-13-35(14-6-31)51(61,62)63)27-47(48)73(45)39-21-17-37(18-22-39)53(67,68)69/h1-28H. The molecule has 0 aliphatic carbocycles. The topological polar surface area (TPSA) is 6.48 Å². The molecule has 0 aromatic heterocycles. The Morgan fingerprint density at radius 2 is 0.351 bits per heavy atom. The van der Waals surface area contributed by atoms with Crippen molar-refractivity contribution < 1.29 is 79.0 Å². The first kappa shape index (κ1) is 51.0. The van der Waals surface area contributed by atoms with Gasteiger partial charge < -0.3 is 9.80 Å². The molecule has 0 saturated heterocycles. The Hall–Kier alpha value is -7.90. The van der Waals surface area contributed by atoms with Crippen LogP contribution in [0.2, 0.25) is 0 Å². The average Bonchev–Trinajstić information content (AvgIpc) is 3.33. The van der Waals surface area contributed by atoms with Crippen LogP contribution in [-0.4, -0.2) is 0 Å². The summed E-state index contributed by atoms with van der Waals surface area (Å²) in [6.45, 7) is 0. The van der Waals surface area contributed by atoms with E-state index in [9.17, 15) is 79.0 Å². The minimum Gasteiger partial charge on any atom is -0.306 e. The molecular formula is C54H28F18N2. The second-order valence-electron chi connectivity index (χ2n) is 16.8. The Morgan fingerprint density at radius 1 is 0.203 bits per heavy atom. The molecule has 0 unspecified atom stereocenters. The first-order chi connectivity index (χ1) is 34.5. The molecule has 0 fully saturated rings. The first-order valence-electron chi connectivity index (χ1n) is 21.5. The highest BCUT2D eigenvalue weighted by molar-refractivity contribution is 6.08. The van der Waals surface area contributed by atoms with E-state index in [1.54, 1.807) is 0 Å². The summed E-state index contributed by atoms with van der Waals surface area (Å²) in [6, 6.07) is 26.6. The van der Waals surface area contributed by atoms with Crippen LogP contribution in [0.5, 0.6) is 0 Å². The van der Waals surface area contributed by atoms with Crippen molar-refractivity contribution in [3.05, 3.63) is 203 Å². The molecule has 1 heterocycles. The fraction of sp³-hybridized carbons (Fsp3) is 0.111. The van der Waals surface area contributed by atoms with E-state index < -0.39 is 70.4 Å². The van der Waals surface area contributed by atoms with Crippen LogP contribution < -0.4 is 9.80 Å². The van der Waals surface area contributed by atoms with Crippen LogP contribution in [0.4, 0.5) is 113 Å². The molecule has 1 aliphatic heterocycles. The van der Waals surface area contributed by atoms with E-state index in [0.717, 1.165) is 121 Å². The van der Waals surface area contributed by atoms with Crippen LogP contribution in [0.3, 0.4) is 0 Å². The van der Waals surface area contributed by atoms with Gasteiger partial charge in [-0.25, -0.2) is 0 Å². The summed E-state index contributed by atoms with van der Waals surface area (Å²) in [4.78, 5) is 2.69. The molecule has 380 valence electrons. The van der Waals surface area contributed by atoms with Gasteiger partial charge in [-0.3, -0.25) is 0 Å². The Morgan fingerprint density at radius 3 is 0.500 bits per heavy atom. The summed E-state index contributed by atoms with van der Waals surface area (Å²) in [5.41, 5.74) is -6.80. The SMILES string of the molecule is FC(F)(F)c1ccc(-c2cc3c(cc2-c2ccc(C(F)(F)F)cc2)N(c2ccc(C(F)(F)F)cc2)c2cc(-c4ccc(C(F)(F)F)cc4)c(-c4ccc(C(F)(F)F)cc4)cc2N3c2ccc(C(F)(F)F)cc2)cc1. The molecule has 74 heavy (non-hydrogen) atoms. The molecule has 0 amide bonds. The lowest BCUT2D eigenvalue weighted by molar-refractivity contribution is -0.138. The smallest absolute Gasteiger partial charge is 0.306 e. The van der Waals surface area contributed by atoms with E-state index in [1.165, 1.54) is 34.1 Å². The maximum atomic E-state index is 14.1. The molecule has 0 bridgehead atoms. The number of rotatable bonds is 6. The molecule has 1 aliphatic rings. The average molecular weight is 1050 g/mol. The van der Waals surface area contributed by atoms with Crippen LogP contribution >= 0.6 is 0 Å². The van der Waals surface area contributed by atoms with E-state index in [2.05, 4.69) is 0 Å². The van der Waals surface area contributed by atoms with Crippen molar-refractivity contribution in [2.24, 2.45) is 0 Å². The van der Waals surface area contributed by atoms with Gasteiger partial charge in [-0.15, -0.1) is 0 Å². The minimum absolute atomic E-state index is 0.0225. The zero-order chi connectivity index (χ0) is 53.5. The maximum Gasteiger partial charge on any atom is 0.416 e. The lowest BCUT2D eigenvalue weighted by atomic mass is 9.88. The summed E-state index contributed by atoms with van der Waals surface area (Å²) < 4.78 is 251. The summed E-state index contributed by atoms with van der Waals surface area (Å²) in [6.07, 6.45) is -29.1. The Kier molecular flexibility index (Phi) is 12.4. The predicted molar refractivity (Wildman–Crippen MR) is 241 cm³/mol. The first-order valence-corrected chi connectivity index (χ1v) is 21.5. The van der Waals surface area contributed by atoms with Crippen molar-refractivity contribution in [3.8, 4) is 44.5 Å². The van der Waals surface area contributed by atoms with Crippen LogP contribution in [0.1, 0.15) is 33.4 Å². The second kappa shape index (κ2) is 17.9. The maximum absolute atomic E-state index is 14.1. The van der Waals surface area contributed by atoms with Gasteiger partial charge in [-0.05, 0) is 166 Å². The summed E-state index contributed by atoms with van der Waals surface area (Å²) in [5, 5.41) is 0. The predicted octanol–water partition coefficient (Wildman–Crippen LogP) is 19.7. The van der Waals surface area contributed by atoms with Gasteiger partial charge in [0.1, 0.15) is 0 Å². The highest BCUT2D eigenvalue weighted by atomic mass is 19.4. The van der Waals surface area contributed by atoms with Crippen LogP contribution in [0.15, 0.2) is 170 Å². The summed E-state index contributed by atoms with van der Waals surface area (Å²) in [7, 11) is 0. The second-order valence-corrected chi connectivity index (χ2v) is 16.8. The van der Waals surface area contributed by atoms with Gasteiger partial charge in [0.25, 0.3) is 0 Å². The number of hydrogen-bond acceptors (Lipinski definition) is 2. The normalized spacial score (nSPS) is 13.5. The quantitative estimate of drug-likeness (QED) is 0.153. The number of fused-ring (bicyclic) bond motifs is 2. The molecule has 8 aromatic carbocycles. The molecule has 0 radical (unpaired) electrons. The lowest BCUT2D eigenvalue weighted by Gasteiger charge is -2.42. The summed E-state index contributed by atoms with van der Waals surface area (Å²) >= 11 is 0. The van der Waals surface area contributed by atoms with E-state index in [0.29, 0.717) is 24.3 Å². The third kappa shape index (κ3) is 9.96. The molecule has 2 nitrogen and oxygen atoms in total. The Bertz CT molecular complexity index is 2950. The number of hydrogen-bond donors (Lipinski definition) is 0. The molecule has 0 spiro atoms. The van der Waals surface area contributed by atoms with Gasteiger partial charge >= 0.3 is 37.1 Å². The number of halogens is 18. The number of anilines is 6. The fourth-order valence-corrected chi connectivity index (χ4v) is 8.60. The molecule has 0 saturated carbocycles. The third-order valence-corrected chi connectivity index (χ3v) is 12.2. The van der Waals surface area contributed by atoms with E-state index >= 15 is 0 Å². The highest BCUT2D eigenvalue weighted by Gasteiger charge is 2.39. The van der Waals surface area contributed by atoms with Gasteiger partial charge in [0.2, 0.25) is 0 Å². The van der Waals surface area contributed by atoms with E-state index in [4.69, 9.17) is 0 Å². The van der Waals surface area contributed by atoms with Crippen molar-refractivity contribution in [2.45, 2.75) is 37.1 Å². The lowest BCUT2D eigenvalue weighted by Crippen LogP contribution is -2.25. The zero-order valence-corrected chi connectivity index (χ0v) is 36.9. The van der Waals surface area contributed by atoms with Gasteiger partial charge in [0, 0.05) is 11.4 Å². The largest absolute Gasteiger partial charge is 0.416 e. The minimum atomic E-state index is -4.88. The number of benzene rings is 8. The van der Waals surface area contributed by atoms with Crippen molar-refractivity contribution in [2.75, 3.05) is 9.80 Å². The Labute approximate surface area is 407 Å². The van der Waals surface area contributed by atoms with Crippen molar-refractivity contribution >= 4 is 34.1 Å².